The van der Waals surface area contributed by atoms with Crippen LogP contribution in [0.5, 0.6) is 5.75 Å². The zero-order valence-electron chi connectivity index (χ0n) is 21.0. The Bertz CT molecular complexity index is 1770. The monoisotopic (exact) mass is 620 g/mol. The van der Waals surface area contributed by atoms with Crippen molar-refractivity contribution in [1.29, 1.82) is 0 Å². The van der Waals surface area contributed by atoms with Gasteiger partial charge in [0.1, 0.15) is 5.58 Å². The van der Waals surface area contributed by atoms with Crippen LogP contribution in [0.4, 0.5) is 0 Å². The third-order valence-corrected chi connectivity index (χ3v) is 7.32. The first-order valence-electron chi connectivity index (χ1n) is 12.5. The topological polar surface area (TPSA) is 99.2 Å². The number of carbonyl (C=O) groups excluding carboxylic acids is 1. The molecule has 0 spiro atoms. The molecule has 1 amide bonds. The smallest absolute Gasteiger partial charge is 0.282 e. The number of carbonyl (C=O) groups is 1. The average Bonchev–Trinajstić information content (AvgIpc) is 3.41. The minimum absolute atomic E-state index is 0.141. The molecule has 2 aromatic heterocycles. The fraction of sp³-hybridized carbons (Fsp3) is 0.172. The standard InChI is InChI=1S/C29H22BrClN4O5/c30-21-13-18(14-22(31)27(21)39-17-26(36)34-9-11-38-12-10-34)16-32-35-28(25-15-19-5-1-4-8-24(19)40-25)33-23-7-3-2-6-20(23)29(35)37/h1-8,13-16H,9-12,17H2. The molecule has 1 aliphatic heterocycles. The number of hydrogen-bond acceptors (Lipinski definition) is 7. The Morgan fingerprint density at radius 2 is 1.88 bits per heavy atom. The Balaban J connectivity index is 1.32. The Hall–Kier alpha value is -3.99. The van der Waals surface area contributed by atoms with Gasteiger partial charge in [-0.2, -0.15) is 9.78 Å². The summed E-state index contributed by atoms with van der Waals surface area (Å²) >= 11 is 9.99. The van der Waals surface area contributed by atoms with Crippen molar-refractivity contribution in [3.05, 3.63) is 92.1 Å². The van der Waals surface area contributed by atoms with Crippen LogP contribution >= 0.6 is 27.5 Å². The molecule has 11 heteroatoms. The summed E-state index contributed by atoms with van der Waals surface area (Å²) in [6, 6.07) is 19.9. The van der Waals surface area contributed by atoms with Crippen LogP contribution in [0, 0.1) is 0 Å². The number of nitrogens with zero attached hydrogens (tertiary/aromatic N) is 4. The van der Waals surface area contributed by atoms with E-state index in [4.69, 9.17) is 30.5 Å². The lowest BCUT2D eigenvalue weighted by molar-refractivity contribution is -0.137. The summed E-state index contributed by atoms with van der Waals surface area (Å²) < 4.78 is 18.8. The third kappa shape index (κ3) is 5.25. The highest BCUT2D eigenvalue weighted by atomic mass is 79.9. The average molecular weight is 622 g/mol. The van der Waals surface area contributed by atoms with Crippen LogP contribution in [0.2, 0.25) is 5.02 Å². The van der Waals surface area contributed by atoms with Gasteiger partial charge in [0, 0.05) is 18.5 Å². The first-order chi connectivity index (χ1) is 19.5. The number of furan rings is 1. The maximum atomic E-state index is 13.5. The highest BCUT2D eigenvalue weighted by Gasteiger charge is 2.19. The highest BCUT2D eigenvalue weighted by Crippen LogP contribution is 2.34. The van der Waals surface area contributed by atoms with E-state index in [-0.39, 0.29) is 28.9 Å². The predicted molar refractivity (Wildman–Crippen MR) is 156 cm³/mol. The molecule has 0 radical (unpaired) electrons. The van der Waals surface area contributed by atoms with Crippen LogP contribution in [0.15, 0.2) is 85.5 Å². The summed E-state index contributed by atoms with van der Waals surface area (Å²) in [5.41, 5.74) is 1.46. The molecule has 0 saturated carbocycles. The van der Waals surface area contributed by atoms with E-state index >= 15 is 0 Å². The minimum Gasteiger partial charge on any atom is -0.481 e. The molecule has 1 aliphatic rings. The fourth-order valence-corrected chi connectivity index (χ4v) is 5.43. The summed E-state index contributed by atoms with van der Waals surface area (Å²) in [7, 11) is 0. The van der Waals surface area contributed by atoms with E-state index in [9.17, 15) is 9.59 Å². The molecule has 0 aliphatic carbocycles. The summed E-state index contributed by atoms with van der Waals surface area (Å²) in [5, 5.41) is 6.07. The van der Waals surface area contributed by atoms with Gasteiger partial charge < -0.3 is 18.8 Å². The Kier molecular flexibility index (Phi) is 7.38. The third-order valence-electron chi connectivity index (χ3n) is 6.45. The highest BCUT2D eigenvalue weighted by molar-refractivity contribution is 9.10. The van der Waals surface area contributed by atoms with Crippen molar-refractivity contribution in [2.24, 2.45) is 5.10 Å². The molecule has 0 N–H and O–H groups in total. The van der Waals surface area contributed by atoms with Gasteiger partial charge in [-0.1, -0.05) is 41.9 Å². The van der Waals surface area contributed by atoms with Crippen molar-refractivity contribution in [2.75, 3.05) is 32.9 Å². The zero-order chi connectivity index (χ0) is 27.6. The number of halogens is 2. The molecular weight excluding hydrogens is 600 g/mol. The van der Waals surface area contributed by atoms with Gasteiger partial charge in [0.25, 0.3) is 11.5 Å². The SMILES string of the molecule is O=C(COc1c(Cl)cc(C=Nn2c(-c3cc4ccccc4o3)nc3ccccc3c2=O)cc1Br)N1CCOCC1. The molecule has 9 nitrogen and oxygen atoms in total. The zero-order valence-corrected chi connectivity index (χ0v) is 23.4. The quantitative estimate of drug-likeness (QED) is 0.237. The molecule has 0 atom stereocenters. The second kappa shape index (κ2) is 11.2. The first-order valence-corrected chi connectivity index (χ1v) is 13.7. The number of fused-ring (bicyclic) bond motifs is 2. The van der Waals surface area contributed by atoms with Crippen LogP contribution < -0.4 is 10.3 Å². The van der Waals surface area contributed by atoms with Gasteiger partial charge in [0.2, 0.25) is 5.82 Å². The van der Waals surface area contributed by atoms with Gasteiger partial charge in [-0.25, -0.2) is 4.98 Å². The lowest BCUT2D eigenvalue weighted by Crippen LogP contribution is -2.43. The van der Waals surface area contributed by atoms with Crippen molar-refractivity contribution in [2.45, 2.75) is 0 Å². The summed E-state index contributed by atoms with van der Waals surface area (Å²) in [6.07, 6.45) is 1.50. The van der Waals surface area contributed by atoms with E-state index in [2.05, 4.69) is 21.0 Å². The van der Waals surface area contributed by atoms with Crippen LogP contribution in [0.1, 0.15) is 5.56 Å². The maximum absolute atomic E-state index is 13.5. The van der Waals surface area contributed by atoms with Gasteiger partial charge in [0.05, 0.1) is 39.8 Å². The molecule has 3 aromatic carbocycles. The number of amides is 1. The number of benzene rings is 3. The van der Waals surface area contributed by atoms with Gasteiger partial charge in [-0.05, 0) is 57.9 Å². The number of aromatic nitrogens is 2. The van der Waals surface area contributed by atoms with Crippen molar-refractivity contribution >= 4 is 61.5 Å². The van der Waals surface area contributed by atoms with Crippen molar-refractivity contribution in [1.82, 2.24) is 14.6 Å². The number of hydrogen-bond donors (Lipinski definition) is 0. The number of morpholine rings is 1. The summed E-state index contributed by atoms with van der Waals surface area (Å²) in [6.45, 7) is 1.94. The van der Waals surface area contributed by atoms with Gasteiger partial charge >= 0.3 is 0 Å². The second-order valence-electron chi connectivity index (χ2n) is 9.06. The molecule has 202 valence electrons. The van der Waals surface area contributed by atoms with Gasteiger partial charge in [0.15, 0.2) is 18.1 Å². The van der Waals surface area contributed by atoms with Crippen molar-refractivity contribution in [3.8, 4) is 17.3 Å². The minimum atomic E-state index is -0.343. The molecule has 1 fully saturated rings. The van der Waals surface area contributed by atoms with Crippen LogP contribution in [-0.2, 0) is 9.53 Å². The van der Waals surface area contributed by atoms with Crippen LogP contribution in [-0.4, -0.2) is 59.6 Å². The molecule has 0 bridgehead atoms. The molecule has 40 heavy (non-hydrogen) atoms. The molecule has 6 rings (SSSR count). The summed E-state index contributed by atoms with van der Waals surface area (Å²) in [4.78, 5) is 32.4. The molecule has 3 heterocycles. The Morgan fingerprint density at radius 3 is 2.67 bits per heavy atom. The largest absolute Gasteiger partial charge is 0.481 e. The van der Waals surface area contributed by atoms with Crippen LogP contribution in [0.3, 0.4) is 0 Å². The number of ether oxygens (including phenoxy) is 2. The van der Waals surface area contributed by atoms with Crippen LogP contribution in [0.25, 0.3) is 33.5 Å². The normalized spacial score (nSPS) is 13.9. The lowest BCUT2D eigenvalue weighted by Gasteiger charge is -2.26. The van der Waals surface area contributed by atoms with E-state index in [1.165, 1.54) is 10.9 Å². The van der Waals surface area contributed by atoms with Gasteiger partial charge in [-0.3, -0.25) is 9.59 Å². The predicted octanol–water partition coefficient (Wildman–Crippen LogP) is 5.35. The molecular formula is C29H22BrClN4O5. The van der Waals surface area contributed by atoms with E-state index in [1.807, 2.05) is 36.4 Å². The van der Waals surface area contributed by atoms with Crippen molar-refractivity contribution in [3.63, 3.8) is 0 Å². The van der Waals surface area contributed by atoms with E-state index in [0.717, 1.165) is 5.39 Å². The second-order valence-corrected chi connectivity index (χ2v) is 10.3. The lowest BCUT2D eigenvalue weighted by atomic mass is 10.2. The Morgan fingerprint density at radius 1 is 1.10 bits per heavy atom. The number of rotatable bonds is 6. The van der Waals surface area contributed by atoms with E-state index in [1.54, 1.807) is 35.2 Å². The van der Waals surface area contributed by atoms with E-state index < -0.39 is 0 Å². The van der Waals surface area contributed by atoms with Crippen molar-refractivity contribution < 1.29 is 18.7 Å². The first kappa shape index (κ1) is 26.2. The van der Waals surface area contributed by atoms with Gasteiger partial charge in [-0.15, -0.1) is 0 Å². The fourth-order valence-electron chi connectivity index (χ4n) is 4.44. The number of para-hydroxylation sites is 2. The Labute approximate surface area is 241 Å². The molecule has 1 saturated heterocycles. The molecule has 0 unspecified atom stereocenters. The van der Waals surface area contributed by atoms with E-state index in [0.29, 0.717) is 64.3 Å². The maximum Gasteiger partial charge on any atom is 0.282 e. The molecule has 5 aromatic rings. The summed E-state index contributed by atoms with van der Waals surface area (Å²) in [5.74, 6) is 0.878.